The number of nitrogens with two attached hydrogens (primary N) is 1. The first-order valence-electron chi connectivity index (χ1n) is 4.88. The Kier molecular flexibility index (Phi) is 4.66. The average molecular weight is 267 g/mol. The van der Waals surface area contributed by atoms with Crippen molar-refractivity contribution in [3.05, 3.63) is 41.5 Å². The van der Waals surface area contributed by atoms with Crippen LogP contribution in [0.3, 0.4) is 0 Å². The third-order valence-electron chi connectivity index (χ3n) is 2.07. The van der Waals surface area contributed by atoms with E-state index in [9.17, 15) is 22.0 Å². The van der Waals surface area contributed by atoms with E-state index in [-0.39, 0.29) is 30.4 Å². The van der Waals surface area contributed by atoms with Crippen LogP contribution in [0.1, 0.15) is 5.56 Å². The van der Waals surface area contributed by atoms with Gasteiger partial charge in [-0.3, -0.25) is 0 Å². The highest BCUT2D eigenvalue weighted by Gasteiger charge is 2.32. The lowest BCUT2D eigenvalue weighted by atomic mass is 10.1. The molecule has 1 aromatic rings. The lowest BCUT2D eigenvalue weighted by Crippen LogP contribution is -2.18. The van der Waals surface area contributed by atoms with Crippen molar-refractivity contribution in [1.29, 1.82) is 0 Å². The fourth-order valence-electron chi connectivity index (χ4n) is 1.28. The standard InChI is InChI=1S/C11H10F5NO/c12-5-8(6-17)3-7-1-2-9(13)10(4-7)18-11(14,15)16/h1-2,4-5H,3,6,17H2/b8-5+. The zero-order valence-corrected chi connectivity index (χ0v) is 9.10. The lowest BCUT2D eigenvalue weighted by molar-refractivity contribution is -0.275. The molecule has 2 nitrogen and oxygen atoms in total. The Balaban J connectivity index is 2.94. The quantitative estimate of drug-likeness (QED) is 0.851. The third kappa shape index (κ3) is 4.33. The van der Waals surface area contributed by atoms with Gasteiger partial charge in [-0.05, 0) is 29.7 Å². The van der Waals surface area contributed by atoms with Crippen molar-refractivity contribution >= 4 is 0 Å². The van der Waals surface area contributed by atoms with Crippen LogP contribution in [0.25, 0.3) is 0 Å². The predicted molar refractivity (Wildman–Crippen MR) is 55.0 cm³/mol. The highest BCUT2D eigenvalue weighted by Crippen LogP contribution is 2.27. The van der Waals surface area contributed by atoms with Crippen LogP contribution in [0.15, 0.2) is 30.1 Å². The molecule has 1 aromatic carbocycles. The summed E-state index contributed by atoms with van der Waals surface area (Å²) in [5, 5.41) is 0. The molecule has 0 aromatic heterocycles. The number of alkyl halides is 3. The molecule has 0 aliphatic heterocycles. The molecular formula is C11H10F5NO. The molecule has 0 atom stereocenters. The van der Waals surface area contributed by atoms with Gasteiger partial charge in [-0.2, -0.15) is 0 Å². The first-order chi connectivity index (χ1) is 8.35. The summed E-state index contributed by atoms with van der Waals surface area (Å²) < 4.78 is 64.7. The monoisotopic (exact) mass is 267 g/mol. The van der Waals surface area contributed by atoms with Crippen LogP contribution in [0.5, 0.6) is 5.75 Å². The van der Waals surface area contributed by atoms with Crippen LogP contribution in [-0.2, 0) is 6.42 Å². The first kappa shape index (κ1) is 14.4. The van der Waals surface area contributed by atoms with E-state index in [0.29, 0.717) is 0 Å². The molecule has 0 aliphatic rings. The molecule has 1 rings (SSSR count). The Bertz CT molecular complexity index is 442. The number of hydrogen-bond acceptors (Lipinski definition) is 2. The molecule has 0 amide bonds. The molecule has 0 saturated heterocycles. The van der Waals surface area contributed by atoms with Crippen molar-refractivity contribution in [3.8, 4) is 5.75 Å². The van der Waals surface area contributed by atoms with E-state index >= 15 is 0 Å². The normalized spacial score (nSPS) is 12.7. The summed E-state index contributed by atoms with van der Waals surface area (Å²) in [4.78, 5) is 0. The topological polar surface area (TPSA) is 35.2 Å². The zero-order valence-electron chi connectivity index (χ0n) is 9.10. The molecule has 0 unspecified atom stereocenters. The fraction of sp³-hybridized carbons (Fsp3) is 0.273. The Morgan fingerprint density at radius 1 is 1.33 bits per heavy atom. The Labute approximate surface area is 99.8 Å². The summed E-state index contributed by atoms with van der Waals surface area (Å²) in [7, 11) is 0. The van der Waals surface area contributed by atoms with Crippen molar-refractivity contribution in [2.45, 2.75) is 12.8 Å². The molecule has 0 fully saturated rings. The van der Waals surface area contributed by atoms with Gasteiger partial charge in [0.15, 0.2) is 11.6 Å². The van der Waals surface area contributed by atoms with E-state index in [1.807, 2.05) is 0 Å². The van der Waals surface area contributed by atoms with Crippen LogP contribution in [-0.4, -0.2) is 12.9 Å². The molecular weight excluding hydrogens is 257 g/mol. The van der Waals surface area contributed by atoms with Crippen molar-refractivity contribution in [2.75, 3.05) is 6.54 Å². The van der Waals surface area contributed by atoms with Gasteiger partial charge in [0, 0.05) is 6.54 Å². The van der Waals surface area contributed by atoms with E-state index in [1.54, 1.807) is 0 Å². The number of hydrogen-bond donors (Lipinski definition) is 1. The number of ether oxygens (including phenoxy) is 1. The summed E-state index contributed by atoms with van der Waals surface area (Å²) in [6.07, 6.45) is -4.72. The summed E-state index contributed by atoms with van der Waals surface area (Å²) >= 11 is 0. The van der Waals surface area contributed by atoms with Gasteiger partial charge >= 0.3 is 6.36 Å². The van der Waals surface area contributed by atoms with Crippen LogP contribution in [0.4, 0.5) is 22.0 Å². The van der Waals surface area contributed by atoms with Gasteiger partial charge in [0.2, 0.25) is 0 Å². The molecule has 0 aliphatic carbocycles. The maximum Gasteiger partial charge on any atom is 0.573 e. The van der Waals surface area contributed by atoms with E-state index in [1.165, 1.54) is 6.07 Å². The minimum Gasteiger partial charge on any atom is -0.403 e. The van der Waals surface area contributed by atoms with Crippen molar-refractivity contribution in [1.82, 2.24) is 0 Å². The van der Waals surface area contributed by atoms with Gasteiger partial charge in [0.25, 0.3) is 0 Å². The molecule has 18 heavy (non-hydrogen) atoms. The first-order valence-corrected chi connectivity index (χ1v) is 4.88. The van der Waals surface area contributed by atoms with Gasteiger partial charge in [-0.25, -0.2) is 8.78 Å². The smallest absolute Gasteiger partial charge is 0.403 e. The van der Waals surface area contributed by atoms with Crippen LogP contribution in [0, 0.1) is 5.82 Å². The van der Waals surface area contributed by atoms with E-state index in [0.717, 1.165) is 12.1 Å². The maximum atomic E-state index is 13.1. The molecule has 0 heterocycles. The number of rotatable bonds is 4. The Hall–Kier alpha value is -1.63. The van der Waals surface area contributed by atoms with Crippen LogP contribution < -0.4 is 10.5 Å². The number of benzene rings is 1. The second-order valence-corrected chi connectivity index (χ2v) is 3.46. The van der Waals surface area contributed by atoms with Gasteiger partial charge in [0.05, 0.1) is 6.33 Å². The van der Waals surface area contributed by atoms with Crippen LogP contribution in [0.2, 0.25) is 0 Å². The molecule has 0 radical (unpaired) electrons. The van der Waals surface area contributed by atoms with Crippen molar-refractivity contribution in [3.63, 3.8) is 0 Å². The molecule has 7 heteroatoms. The summed E-state index contributed by atoms with van der Waals surface area (Å²) in [5.74, 6) is -2.09. The highest BCUT2D eigenvalue weighted by molar-refractivity contribution is 5.33. The highest BCUT2D eigenvalue weighted by atomic mass is 19.4. The minimum atomic E-state index is -4.98. The summed E-state index contributed by atoms with van der Waals surface area (Å²) in [6.45, 7) is -0.0800. The van der Waals surface area contributed by atoms with Crippen LogP contribution >= 0.6 is 0 Å². The molecule has 100 valence electrons. The lowest BCUT2D eigenvalue weighted by Gasteiger charge is -2.11. The van der Waals surface area contributed by atoms with E-state index in [2.05, 4.69) is 4.74 Å². The largest absolute Gasteiger partial charge is 0.573 e. The molecule has 0 spiro atoms. The Morgan fingerprint density at radius 2 is 2.00 bits per heavy atom. The van der Waals surface area contributed by atoms with Crippen molar-refractivity contribution in [2.24, 2.45) is 5.73 Å². The van der Waals surface area contributed by atoms with Gasteiger partial charge < -0.3 is 10.5 Å². The predicted octanol–water partition coefficient (Wildman–Crippen LogP) is 3.08. The SMILES string of the molecule is NC/C(=C/F)Cc1ccc(F)c(OC(F)(F)F)c1. The van der Waals surface area contributed by atoms with E-state index in [4.69, 9.17) is 5.73 Å². The third-order valence-corrected chi connectivity index (χ3v) is 2.07. The second kappa shape index (κ2) is 5.81. The van der Waals surface area contributed by atoms with E-state index < -0.39 is 17.9 Å². The molecule has 0 saturated carbocycles. The number of halogens is 5. The fourth-order valence-corrected chi connectivity index (χ4v) is 1.28. The summed E-state index contributed by atoms with van der Waals surface area (Å²) in [6, 6.07) is 2.92. The van der Waals surface area contributed by atoms with Gasteiger partial charge in [-0.1, -0.05) is 6.07 Å². The maximum absolute atomic E-state index is 13.1. The minimum absolute atomic E-state index is 0.0124. The molecule has 0 bridgehead atoms. The van der Waals surface area contributed by atoms with Gasteiger partial charge in [0.1, 0.15) is 0 Å². The summed E-state index contributed by atoms with van der Waals surface area (Å²) in [5.41, 5.74) is 5.66. The van der Waals surface area contributed by atoms with Crippen molar-refractivity contribution < 1.29 is 26.7 Å². The zero-order chi connectivity index (χ0) is 13.8. The molecule has 2 N–H and O–H groups in total. The average Bonchev–Trinajstić information content (AvgIpc) is 2.28. The Morgan fingerprint density at radius 3 is 2.50 bits per heavy atom. The second-order valence-electron chi connectivity index (χ2n) is 3.46. The van der Waals surface area contributed by atoms with Gasteiger partial charge in [-0.15, -0.1) is 13.2 Å².